The summed E-state index contributed by atoms with van der Waals surface area (Å²) in [6.07, 6.45) is 1.56. The van der Waals surface area contributed by atoms with Crippen LogP contribution in [-0.4, -0.2) is 67.6 Å². The number of hydrogen-bond donors (Lipinski definition) is 1. The Labute approximate surface area is 138 Å². The number of nitrogens with one attached hydrogen (secondary N) is 1. The molecule has 128 valence electrons. The molecule has 0 spiro atoms. The van der Waals surface area contributed by atoms with Gasteiger partial charge >= 0.3 is 5.97 Å². The molecular weight excluding hydrogens is 344 g/mol. The molecule has 0 radical (unpaired) electrons. The van der Waals surface area contributed by atoms with Gasteiger partial charge in [0.05, 0.1) is 35.0 Å². The standard InChI is InChI=1S/C13H18N2O6S2/c1-2-21-13(18)5-12-15(11(17)7-22-12)6-10(16)14-9-3-4-23(19,20)8-9/h5,9H,2-4,6-8H2,1H3,(H,14,16)/b12-5-/t9-/m1/s1. The Kier molecular flexibility index (Phi) is 5.69. The van der Waals surface area contributed by atoms with E-state index < -0.39 is 27.8 Å². The minimum Gasteiger partial charge on any atom is -0.463 e. The quantitative estimate of drug-likeness (QED) is 0.507. The Morgan fingerprint density at radius 2 is 2.22 bits per heavy atom. The highest BCUT2D eigenvalue weighted by Crippen LogP contribution is 2.28. The van der Waals surface area contributed by atoms with E-state index in [1.807, 2.05) is 0 Å². The zero-order valence-corrected chi connectivity index (χ0v) is 14.2. The summed E-state index contributed by atoms with van der Waals surface area (Å²) in [5, 5.41) is 2.98. The van der Waals surface area contributed by atoms with Crippen molar-refractivity contribution in [3.8, 4) is 0 Å². The lowest BCUT2D eigenvalue weighted by atomic mass is 10.2. The van der Waals surface area contributed by atoms with Crippen LogP contribution in [0.15, 0.2) is 11.1 Å². The zero-order valence-electron chi connectivity index (χ0n) is 12.6. The van der Waals surface area contributed by atoms with Crippen LogP contribution in [0.4, 0.5) is 0 Å². The second-order valence-corrected chi connectivity index (χ2v) is 8.40. The van der Waals surface area contributed by atoms with E-state index in [1.165, 1.54) is 11.0 Å². The summed E-state index contributed by atoms with van der Waals surface area (Å²) in [5.41, 5.74) is 0. The lowest BCUT2D eigenvalue weighted by Gasteiger charge is -2.18. The third kappa shape index (κ3) is 4.96. The topological polar surface area (TPSA) is 110 Å². The number of hydrogen-bond acceptors (Lipinski definition) is 7. The van der Waals surface area contributed by atoms with Crippen molar-refractivity contribution in [1.29, 1.82) is 0 Å². The van der Waals surface area contributed by atoms with E-state index >= 15 is 0 Å². The van der Waals surface area contributed by atoms with Crippen LogP contribution in [-0.2, 0) is 29.0 Å². The molecule has 2 aliphatic rings. The summed E-state index contributed by atoms with van der Waals surface area (Å²) in [6.45, 7) is 1.65. The Morgan fingerprint density at radius 3 is 2.83 bits per heavy atom. The predicted molar refractivity (Wildman–Crippen MR) is 84.1 cm³/mol. The molecule has 0 aromatic rings. The molecule has 1 atom stereocenters. The molecule has 1 N–H and O–H groups in total. The molecule has 0 aromatic heterocycles. The summed E-state index contributed by atoms with van der Waals surface area (Å²) in [6, 6.07) is -0.421. The molecule has 23 heavy (non-hydrogen) atoms. The Bertz CT molecular complexity index is 643. The lowest BCUT2D eigenvalue weighted by molar-refractivity contribution is -0.137. The molecule has 2 fully saturated rings. The minimum atomic E-state index is -3.08. The molecule has 0 saturated carbocycles. The second-order valence-electron chi connectivity index (χ2n) is 5.17. The maximum Gasteiger partial charge on any atom is 0.333 e. The third-order valence-electron chi connectivity index (χ3n) is 3.34. The van der Waals surface area contributed by atoms with Crippen LogP contribution >= 0.6 is 11.8 Å². The van der Waals surface area contributed by atoms with Crippen molar-refractivity contribution < 1.29 is 27.5 Å². The zero-order chi connectivity index (χ0) is 17.0. The van der Waals surface area contributed by atoms with Crippen molar-refractivity contribution in [1.82, 2.24) is 10.2 Å². The third-order valence-corrected chi connectivity index (χ3v) is 6.13. The molecule has 0 aromatic carbocycles. The van der Waals surface area contributed by atoms with Gasteiger partial charge in [0.15, 0.2) is 9.84 Å². The van der Waals surface area contributed by atoms with E-state index in [2.05, 4.69) is 5.32 Å². The number of carbonyl (C=O) groups excluding carboxylic acids is 3. The first-order valence-corrected chi connectivity index (χ1v) is 9.93. The molecule has 2 amide bonds. The van der Waals surface area contributed by atoms with Crippen LogP contribution in [0.25, 0.3) is 0 Å². The summed E-state index contributed by atoms with van der Waals surface area (Å²) in [5.74, 6) is -1.16. The number of amides is 2. The van der Waals surface area contributed by atoms with E-state index in [-0.39, 0.29) is 36.3 Å². The maximum absolute atomic E-state index is 12.0. The molecular formula is C13H18N2O6S2. The van der Waals surface area contributed by atoms with Crippen LogP contribution in [0.2, 0.25) is 0 Å². The van der Waals surface area contributed by atoms with Crippen LogP contribution in [0, 0.1) is 0 Å². The highest BCUT2D eigenvalue weighted by atomic mass is 32.2. The number of rotatable bonds is 5. The number of ether oxygens (including phenoxy) is 1. The average Bonchev–Trinajstić information content (AvgIpc) is 2.95. The average molecular weight is 362 g/mol. The fraction of sp³-hybridized carbons (Fsp3) is 0.615. The van der Waals surface area contributed by atoms with Gasteiger partial charge in [-0.25, -0.2) is 13.2 Å². The smallest absolute Gasteiger partial charge is 0.333 e. The van der Waals surface area contributed by atoms with Crippen LogP contribution in [0.5, 0.6) is 0 Å². The monoisotopic (exact) mass is 362 g/mol. The largest absolute Gasteiger partial charge is 0.463 e. The Hall–Kier alpha value is -1.55. The van der Waals surface area contributed by atoms with Crippen molar-refractivity contribution in [2.45, 2.75) is 19.4 Å². The van der Waals surface area contributed by atoms with Crippen molar-refractivity contribution in [3.05, 3.63) is 11.1 Å². The number of sulfone groups is 1. The fourth-order valence-corrected chi connectivity index (χ4v) is 4.91. The summed E-state index contributed by atoms with van der Waals surface area (Å²) in [4.78, 5) is 36.5. The van der Waals surface area contributed by atoms with Gasteiger partial charge in [0, 0.05) is 6.04 Å². The number of esters is 1. The van der Waals surface area contributed by atoms with E-state index in [0.29, 0.717) is 11.4 Å². The van der Waals surface area contributed by atoms with Crippen molar-refractivity contribution >= 4 is 39.4 Å². The van der Waals surface area contributed by atoms with Crippen LogP contribution < -0.4 is 5.32 Å². The van der Waals surface area contributed by atoms with E-state index in [1.54, 1.807) is 6.92 Å². The molecule has 8 nitrogen and oxygen atoms in total. The highest BCUT2D eigenvalue weighted by Gasteiger charge is 2.32. The SMILES string of the molecule is CCOC(=O)/C=C1\SCC(=O)N1CC(=O)N[C@@H]1CCS(=O)(=O)C1. The van der Waals surface area contributed by atoms with Gasteiger partial charge < -0.3 is 10.1 Å². The van der Waals surface area contributed by atoms with Gasteiger partial charge in [0.25, 0.3) is 0 Å². The Morgan fingerprint density at radius 1 is 1.48 bits per heavy atom. The van der Waals surface area contributed by atoms with E-state index in [9.17, 15) is 22.8 Å². The van der Waals surface area contributed by atoms with Crippen molar-refractivity contribution in [2.24, 2.45) is 0 Å². The first kappa shape index (κ1) is 17.8. The second kappa shape index (κ2) is 7.35. The molecule has 2 saturated heterocycles. The van der Waals surface area contributed by atoms with Gasteiger partial charge in [-0.1, -0.05) is 11.8 Å². The van der Waals surface area contributed by atoms with E-state index in [4.69, 9.17) is 4.74 Å². The lowest BCUT2D eigenvalue weighted by Crippen LogP contribution is -2.42. The number of carbonyl (C=O) groups is 3. The van der Waals surface area contributed by atoms with Gasteiger partial charge in [0.1, 0.15) is 6.54 Å². The van der Waals surface area contributed by atoms with Crippen LogP contribution in [0.1, 0.15) is 13.3 Å². The number of nitrogens with zero attached hydrogens (tertiary/aromatic N) is 1. The van der Waals surface area contributed by atoms with Crippen LogP contribution in [0.3, 0.4) is 0 Å². The van der Waals surface area contributed by atoms with Gasteiger partial charge in [-0.15, -0.1) is 0 Å². The Balaban J connectivity index is 1.95. The molecule has 2 aliphatic heterocycles. The molecule has 2 heterocycles. The molecule has 0 bridgehead atoms. The normalized spacial score (nSPS) is 24.9. The highest BCUT2D eigenvalue weighted by molar-refractivity contribution is 8.04. The number of thioether (sulfide) groups is 1. The molecule has 10 heteroatoms. The van der Waals surface area contributed by atoms with Crippen molar-refractivity contribution in [3.63, 3.8) is 0 Å². The van der Waals surface area contributed by atoms with E-state index in [0.717, 1.165) is 11.8 Å². The first-order valence-electron chi connectivity index (χ1n) is 7.12. The predicted octanol–water partition coefficient (Wildman–Crippen LogP) is -0.730. The molecule has 0 aliphatic carbocycles. The minimum absolute atomic E-state index is 0.0600. The fourth-order valence-electron chi connectivity index (χ4n) is 2.31. The summed E-state index contributed by atoms with van der Waals surface area (Å²) in [7, 11) is -3.08. The van der Waals surface area contributed by atoms with Gasteiger partial charge in [-0.3, -0.25) is 14.5 Å². The van der Waals surface area contributed by atoms with Gasteiger partial charge in [0.2, 0.25) is 11.8 Å². The van der Waals surface area contributed by atoms with Gasteiger partial charge in [-0.05, 0) is 13.3 Å². The molecule has 2 rings (SSSR count). The van der Waals surface area contributed by atoms with Gasteiger partial charge in [-0.2, -0.15) is 0 Å². The first-order chi connectivity index (χ1) is 10.8. The summed E-state index contributed by atoms with van der Waals surface area (Å²) >= 11 is 1.16. The van der Waals surface area contributed by atoms with Crippen molar-refractivity contribution in [2.75, 3.05) is 30.4 Å². The maximum atomic E-state index is 12.0. The molecule has 0 unspecified atom stereocenters. The summed E-state index contributed by atoms with van der Waals surface area (Å²) < 4.78 is 27.5.